The van der Waals surface area contributed by atoms with Crippen molar-refractivity contribution in [1.82, 2.24) is 0 Å². The minimum atomic E-state index is -0.813. The van der Waals surface area contributed by atoms with E-state index in [4.69, 9.17) is 4.74 Å². The van der Waals surface area contributed by atoms with Crippen LogP contribution in [-0.2, 0) is 9.59 Å². The molecule has 4 rings (SSSR count). The van der Waals surface area contributed by atoms with Gasteiger partial charge >= 0.3 is 0 Å². The molecule has 0 spiro atoms. The van der Waals surface area contributed by atoms with Gasteiger partial charge in [-0.15, -0.1) is 0 Å². The largest absolute Gasteiger partial charge is 0.504 e. The first-order valence-electron chi connectivity index (χ1n) is 9.29. The molecule has 0 saturated carbocycles. The second-order valence-corrected chi connectivity index (χ2v) is 6.70. The molecule has 6 heteroatoms. The third-order valence-electron chi connectivity index (χ3n) is 4.84. The summed E-state index contributed by atoms with van der Waals surface area (Å²) in [6.45, 7) is 1.44. The molecule has 1 heterocycles. The number of amides is 2. The summed E-state index contributed by atoms with van der Waals surface area (Å²) in [6, 6.07) is 22.5. The van der Waals surface area contributed by atoms with Crippen LogP contribution < -0.4 is 14.5 Å². The molecule has 146 valence electrons. The van der Waals surface area contributed by atoms with E-state index in [1.165, 1.54) is 11.0 Å². The lowest BCUT2D eigenvalue weighted by molar-refractivity contribution is -0.125. The van der Waals surface area contributed by atoms with Gasteiger partial charge in [-0.3, -0.25) is 19.4 Å². The summed E-state index contributed by atoms with van der Waals surface area (Å²) in [4.78, 5) is 29.3. The molecule has 29 heavy (non-hydrogen) atoms. The molecule has 2 amide bonds. The third kappa shape index (κ3) is 3.40. The molecule has 6 nitrogen and oxygen atoms in total. The van der Waals surface area contributed by atoms with Crippen molar-refractivity contribution in [1.29, 1.82) is 0 Å². The molecule has 0 radical (unpaired) electrons. The van der Waals surface area contributed by atoms with Crippen molar-refractivity contribution < 1.29 is 19.4 Å². The second kappa shape index (κ2) is 7.67. The normalized spacial score (nSPS) is 14.0. The number of fused-ring (bicyclic) bond motifs is 1. The van der Waals surface area contributed by atoms with Gasteiger partial charge in [0, 0.05) is 11.4 Å². The van der Waals surface area contributed by atoms with E-state index in [1.54, 1.807) is 24.0 Å². The maximum atomic E-state index is 13.6. The lowest BCUT2D eigenvalue weighted by Gasteiger charge is -2.36. The van der Waals surface area contributed by atoms with Gasteiger partial charge < -0.3 is 9.84 Å². The van der Waals surface area contributed by atoms with Crippen molar-refractivity contribution in [3.8, 4) is 11.5 Å². The number of hydrogen-bond donors (Lipinski definition) is 1. The Balaban J connectivity index is 1.76. The topological polar surface area (TPSA) is 70.1 Å². The summed E-state index contributed by atoms with van der Waals surface area (Å²) >= 11 is 0. The van der Waals surface area contributed by atoms with Crippen LogP contribution in [-0.4, -0.2) is 29.6 Å². The zero-order chi connectivity index (χ0) is 20.4. The maximum absolute atomic E-state index is 13.6. The van der Waals surface area contributed by atoms with Crippen LogP contribution in [0.3, 0.4) is 0 Å². The van der Waals surface area contributed by atoms with Gasteiger partial charge in [0.05, 0.1) is 5.69 Å². The number of phenols is 1. The molecular formula is C23H20N2O4. The fourth-order valence-corrected chi connectivity index (χ4v) is 3.47. The quantitative estimate of drug-likeness (QED) is 0.737. The van der Waals surface area contributed by atoms with Crippen LogP contribution in [0, 0.1) is 0 Å². The van der Waals surface area contributed by atoms with Crippen molar-refractivity contribution in [2.75, 3.05) is 16.4 Å². The minimum absolute atomic E-state index is 0.0670. The highest BCUT2D eigenvalue weighted by Crippen LogP contribution is 2.40. The molecule has 1 N–H and O–H groups in total. The predicted octanol–water partition coefficient (Wildman–Crippen LogP) is 3.87. The molecule has 0 aromatic heterocycles. The number of rotatable bonds is 4. The Bertz CT molecular complexity index is 998. The molecule has 0 fully saturated rings. The van der Waals surface area contributed by atoms with Crippen molar-refractivity contribution >= 4 is 28.9 Å². The highest BCUT2D eigenvalue weighted by molar-refractivity contribution is 6.10. The van der Waals surface area contributed by atoms with Crippen LogP contribution in [0.1, 0.15) is 6.92 Å². The van der Waals surface area contributed by atoms with E-state index in [-0.39, 0.29) is 29.9 Å². The van der Waals surface area contributed by atoms with Gasteiger partial charge in [-0.25, -0.2) is 0 Å². The Hall–Kier alpha value is -3.80. The third-order valence-corrected chi connectivity index (χ3v) is 4.84. The van der Waals surface area contributed by atoms with Gasteiger partial charge in [-0.1, -0.05) is 42.5 Å². The van der Waals surface area contributed by atoms with Crippen molar-refractivity contribution in [3.63, 3.8) is 0 Å². The van der Waals surface area contributed by atoms with E-state index in [9.17, 15) is 14.7 Å². The van der Waals surface area contributed by atoms with E-state index >= 15 is 0 Å². The smallest absolute Gasteiger partial charge is 0.265 e. The summed E-state index contributed by atoms with van der Waals surface area (Å²) in [6.07, 6.45) is 0. The molecule has 0 saturated heterocycles. The van der Waals surface area contributed by atoms with E-state index in [0.717, 1.165) is 0 Å². The average molecular weight is 388 g/mol. The van der Waals surface area contributed by atoms with Crippen LogP contribution in [0.2, 0.25) is 0 Å². The van der Waals surface area contributed by atoms with E-state index < -0.39 is 6.04 Å². The molecule has 0 bridgehead atoms. The SMILES string of the molecule is CC(C(=O)N(c1ccccc1)c1ccccc1)N1C(=O)COc2c(O)cccc21. The zero-order valence-corrected chi connectivity index (χ0v) is 15.9. The average Bonchev–Trinajstić information content (AvgIpc) is 2.75. The fraction of sp³-hybridized carbons (Fsp3) is 0.130. The number of hydrogen-bond acceptors (Lipinski definition) is 4. The number of anilines is 3. The summed E-state index contributed by atoms with van der Waals surface area (Å²) in [5.74, 6) is -0.475. The van der Waals surface area contributed by atoms with E-state index in [1.807, 2.05) is 60.7 Å². The monoisotopic (exact) mass is 388 g/mol. The van der Waals surface area contributed by atoms with Crippen LogP contribution >= 0.6 is 0 Å². The van der Waals surface area contributed by atoms with Gasteiger partial charge in [0.2, 0.25) is 0 Å². The number of aromatic hydroxyl groups is 1. The highest BCUT2D eigenvalue weighted by Gasteiger charge is 2.36. The van der Waals surface area contributed by atoms with Gasteiger partial charge in [-0.2, -0.15) is 0 Å². The Morgan fingerprint density at radius 1 is 0.966 bits per heavy atom. The zero-order valence-electron chi connectivity index (χ0n) is 15.9. The molecule has 1 aliphatic rings. The number of phenolic OH excluding ortho intramolecular Hbond substituents is 1. The molecule has 3 aromatic rings. The maximum Gasteiger partial charge on any atom is 0.265 e. The van der Waals surface area contributed by atoms with Gasteiger partial charge in [0.1, 0.15) is 6.04 Å². The number of ether oxygens (including phenoxy) is 1. The predicted molar refractivity (Wildman–Crippen MR) is 111 cm³/mol. The lowest BCUT2D eigenvalue weighted by atomic mass is 10.1. The Labute approximate surface area is 168 Å². The number of benzene rings is 3. The first-order valence-corrected chi connectivity index (χ1v) is 9.29. The molecule has 1 atom stereocenters. The molecule has 1 aliphatic heterocycles. The van der Waals surface area contributed by atoms with Gasteiger partial charge in [0.15, 0.2) is 18.1 Å². The van der Waals surface area contributed by atoms with Crippen molar-refractivity contribution in [3.05, 3.63) is 78.9 Å². The number of para-hydroxylation sites is 3. The summed E-state index contributed by atoms with van der Waals surface area (Å²) < 4.78 is 5.39. The lowest BCUT2D eigenvalue weighted by Crippen LogP contribution is -2.51. The van der Waals surface area contributed by atoms with Gasteiger partial charge in [-0.05, 0) is 43.3 Å². The first kappa shape index (κ1) is 18.6. The van der Waals surface area contributed by atoms with E-state index in [0.29, 0.717) is 17.1 Å². The second-order valence-electron chi connectivity index (χ2n) is 6.70. The minimum Gasteiger partial charge on any atom is -0.504 e. The molecule has 3 aromatic carbocycles. The fourth-order valence-electron chi connectivity index (χ4n) is 3.47. The van der Waals surface area contributed by atoms with Crippen molar-refractivity contribution in [2.45, 2.75) is 13.0 Å². The first-order chi connectivity index (χ1) is 14.1. The molecule has 1 unspecified atom stereocenters. The van der Waals surface area contributed by atoms with Crippen LogP contribution in [0.15, 0.2) is 78.9 Å². The number of carbonyl (C=O) groups is 2. The van der Waals surface area contributed by atoms with Crippen LogP contribution in [0.5, 0.6) is 11.5 Å². The highest BCUT2D eigenvalue weighted by atomic mass is 16.5. The van der Waals surface area contributed by atoms with E-state index in [2.05, 4.69) is 0 Å². The number of nitrogens with zero attached hydrogens (tertiary/aromatic N) is 2. The Morgan fingerprint density at radius 3 is 2.14 bits per heavy atom. The standard InChI is InChI=1S/C23H20N2O4/c1-16(24-19-13-8-14-20(26)22(19)29-15-21(24)27)23(28)25(17-9-4-2-5-10-17)18-11-6-3-7-12-18/h2-14,16,26H,15H2,1H3. The summed E-state index contributed by atoms with van der Waals surface area (Å²) in [5.41, 5.74) is 1.78. The summed E-state index contributed by atoms with van der Waals surface area (Å²) in [5, 5.41) is 10.1. The molecular weight excluding hydrogens is 368 g/mol. The van der Waals surface area contributed by atoms with Gasteiger partial charge in [0.25, 0.3) is 11.8 Å². The Morgan fingerprint density at radius 2 is 1.55 bits per heavy atom. The summed E-state index contributed by atoms with van der Waals surface area (Å²) in [7, 11) is 0. The molecule has 0 aliphatic carbocycles. The van der Waals surface area contributed by atoms with Crippen molar-refractivity contribution in [2.24, 2.45) is 0 Å². The van der Waals surface area contributed by atoms with Crippen LogP contribution in [0.25, 0.3) is 0 Å². The Kier molecular flexibility index (Phi) is 4.91. The number of carbonyl (C=O) groups excluding carboxylic acids is 2. The van der Waals surface area contributed by atoms with Crippen LogP contribution in [0.4, 0.5) is 17.1 Å².